The fourth-order valence-electron chi connectivity index (χ4n) is 2.91. The van der Waals surface area contributed by atoms with E-state index >= 15 is 0 Å². The van der Waals surface area contributed by atoms with Crippen LogP contribution in [0.4, 0.5) is 5.69 Å². The molecule has 0 heterocycles. The van der Waals surface area contributed by atoms with Gasteiger partial charge in [-0.1, -0.05) is 47.7 Å². The van der Waals surface area contributed by atoms with Crippen molar-refractivity contribution in [1.82, 2.24) is 0 Å². The topological polar surface area (TPSA) is 55.1 Å². The van der Waals surface area contributed by atoms with Crippen molar-refractivity contribution in [2.75, 3.05) is 11.9 Å². The zero-order valence-electron chi connectivity index (χ0n) is 12.0. The third kappa shape index (κ3) is 3.41. The summed E-state index contributed by atoms with van der Waals surface area (Å²) in [5.41, 5.74) is 7.52. The second-order valence-electron chi connectivity index (χ2n) is 5.81. The lowest BCUT2D eigenvalue weighted by atomic mass is 9.79. The minimum atomic E-state index is -0.384. The van der Waals surface area contributed by atoms with Crippen molar-refractivity contribution >= 4 is 27.5 Å². The average molecular weight is 339 g/mol. The highest BCUT2D eigenvalue weighted by molar-refractivity contribution is 9.10. The maximum Gasteiger partial charge on any atom is 0.231 e. The summed E-state index contributed by atoms with van der Waals surface area (Å²) in [4.78, 5) is 12.7. The zero-order valence-corrected chi connectivity index (χ0v) is 13.6. The van der Waals surface area contributed by atoms with Crippen molar-refractivity contribution in [3.05, 3.63) is 28.2 Å². The van der Waals surface area contributed by atoms with Gasteiger partial charge in [-0.3, -0.25) is 4.79 Å². The van der Waals surface area contributed by atoms with Crippen molar-refractivity contribution in [2.24, 2.45) is 11.1 Å². The maximum atomic E-state index is 12.7. The second kappa shape index (κ2) is 6.72. The van der Waals surface area contributed by atoms with Gasteiger partial charge in [-0.15, -0.1) is 0 Å². The number of benzene rings is 1. The first kappa shape index (κ1) is 15.5. The highest BCUT2D eigenvalue weighted by atomic mass is 79.9. The number of carbonyl (C=O) groups is 1. The van der Waals surface area contributed by atoms with E-state index in [0.29, 0.717) is 6.54 Å². The van der Waals surface area contributed by atoms with E-state index < -0.39 is 0 Å². The van der Waals surface area contributed by atoms with E-state index in [4.69, 9.17) is 5.73 Å². The first-order chi connectivity index (χ1) is 9.57. The minimum Gasteiger partial charge on any atom is -0.329 e. The first-order valence-corrected chi connectivity index (χ1v) is 8.14. The average Bonchev–Trinajstić information content (AvgIpc) is 2.69. The molecular weight excluding hydrogens is 316 g/mol. The van der Waals surface area contributed by atoms with E-state index in [1.165, 1.54) is 12.8 Å². The van der Waals surface area contributed by atoms with E-state index in [2.05, 4.69) is 21.2 Å². The Morgan fingerprint density at radius 2 is 1.95 bits per heavy atom. The van der Waals surface area contributed by atoms with Crippen LogP contribution in [0, 0.1) is 12.3 Å². The van der Waals surface area contributed by atoms with Crippen LogP contribution in [-0.4, -0.2) is 12.5 Å². The highest BCUT2D eigenvalue weighted by Gasteiger charge is 2.37. The highest BCUT2D eigenvalue weighted by Crippen LogP contribution is 2.35. The molecule has 2 rings (SSSR count). The molecule has 0 radical (unpaired) electrons. The number of hydrogen-bond acceptors (Lipinski definition) is 2. The summed E-state index contributed by atoms with van der Waals surface area (Å²) in [6, 6.07) is 5.94. The van der Waals surface area contributed by atoms with Crippen molar-refractivity contribution in [1.29, 1.82) is 0 Å². The Labute approximate surface area is 129 Å². The van der Waals surface area contributed by atoms with Crippen molar-refractivity contribution in [3.63, 3.8) is 0 Å². The predicted molar refractivity (Wildman–Crippen MR) is 86.7 cm³/mol. The van der Waals surface area contributed by atoms with Crippen LogP contribution < -0.4 is 11.1 Å². The number of amides is 1. The molecule has 1 aromatic carbocycles. The van der Waals surface area contributed by atoms with Crippen molar-refractivity contribution < 1.29 is 4.79 Å². The summed E-state index contributed by atoms with van der Waals surface area (Å²) < 4.78 is 0.973. The molecule has 0 atom stereocenters. The van der Waals surface area contributed by atoms with E-state index in [9.17, 15) is 4.79 Å². The van der Waals surface area contributed by atoms with Crippen LogP contribution in [-0.2, 0) is 4.79 Å². The number of nitrogens with one attached hydrogen (secondary N) is 1. The summed E-state index contributed by atoms with van der Waals surface area (Å²) in [6.45, 7) is 2.44. The lowest BCUT2D eigenvalue weighted by molar-refractivity contribution is -0.125. The summed E-state index contributed by atoms with van der Waals surface area (Å²) in [5, 5.41) is 3.09. The van der Waals surface area contributed by atoms with Gasteiger partial charge in [0.2, 0.25) is 5.91 Å². The van der Waals surface area contributed by atoms with Crippen LogP contribution in [0.15, 0.2) is 22.7 Å². The van der Waals surface area contributed by atoms with Crippen molar-refractivity contribution in [3.8, 4) is 0 Å². The molecule has 1 amide bonds. The fraction of sp³-hybridized carbons (Fsp3) is 0.562. The monoisotopic (exact) mass is 338 g/mol. The quantitative estimate of drug-likeness (QED) is 0.818. The Morgan fingerprint density at radius 1 is 1.30 bits per heavy atom. The molecular formula is C16H23BrN2O. The van der Waals surface area contributed by atoms with E-state index in [-0.39, 0.29) is 11.3 Å². The Balaban J connectivity index is 2.18. The SMILES string of the molecule is Cc1ccc(Br)cc1NC(=O)C1(CN)CCCCCC1. The molecule has 1 fully saturated rings. The number of aryl methyl sites for hydroxylation is 1. The Bertz CT molecular complexity index is 479. The van der Waals surface area contributed by atoms with E-state index in [0.717, 1.165) is 41.4 Å². The second-order valence-corrected chi connectivity index (χ2v) is 6.73. The molecule has 1 aliphatic rings. The number of halogens is 1. The molecule has 110 valence electrons. The van der Waals surface area contributed by atoms with Gasteiger partial charge in [0.25, 0.3) is 0 Å². The standard InChI is InChI=1S/C16H23BrN2O/c1-12-6-7-13(17)10-14(12)19-15(20)16(11-18)8-4-2-3-5-9-16/h6-7,10H,2-5,8-9,11,18H2,1H3,(H,19,20). The molecule has 0 bridgehead atoms. The van der Waals surface area contributed by atoms with Crippen LogP contribution in [0.1, 0.15) is 44.1 Å². The molecule has 0 aromatic heterocycles. The largest absolute Gasteiger partial charge is 0.329 e. The summed E-state index contributed by atoms with van der Waals surface area (Å²) in [6.07, 6.45) is 6.44. The Hall–Kier alpha value is -0.870. The van der Waals surface area contributed by atoms with Crippen LogP contribution in [0.3, 0.4) is 0 Å². The molecule has 20 heavy (non-hydrogen) atoms. The molecule has 3 N–H and O–H groups in total. The Kier molecular flexibility index (Phi) is 5.22. The van der Waals surface area contributed by atoms with Gasteiger partial charge in [0.05, 0.1) is 5.41 Å². The van der Waals surface area contributed by atoms with Gasteiger partial charge >= 0.3 is 0 Å². The lowest BCUT2D eigenvalue weighted by Gasteiger charge is -2.30. The van der Waals surface area contributed by atoms with E-state index in [1.807, 2.05) is 25.1 Å². The smallest absolute Gasteiger partial charge is 0.231 e. The molecule has 0 saturated heterocycles. The molecule has 0 spiro atoms. The van der Waals surface area contributed by atoms with Gasteiger partial charge < -0.3 is 11.1 Å². The molecule has 3 nitrogen and oxygen atoms in total. The number of hydrogen-bond donors (Lipinski definition) is 2. The van der Waals surface area contributed by atoms with Gasteiger partial charge in [-0.2, -0.15) is 0 Å². The molecule has 1 saturated carbocycles. The number of rotatable bonds is 3. The van der Waals surface area contributed by atoms with E-state index in [1.54, 1.807) is 0 Å². The molecule has 4 heteroatoms. The summed E-state index contributed by atoms with van der Waals surface area (Å²) in [7, 11) is 0. The number of nitrogens with two attached hydrogens (primary N) is 1. The number of carbonyl (C=O) groups excluding carboxylic acids is 1. The summed E-state index contributed by atoms with van der Waals surface area (Å²) >= 11 is 3.45. The third-order valence-electron chi connectivity index (χ3n) is 4.38. The van der Waals surface area contributed by atoms with Crippen LogP contribution in [0.2, 0.25) is 0 Å². The normalized spacial score (nSPS) is 18.4. The Morgan fingerprint density at radius 3 is 2.55 bits per heavy atom. The van der Waals surface area contributed by atoms with Crippen LogP contribution in [0.5, 0.6) is 0 Å². The first-order valence-electron chi connectivity index (χ1n) is 7.35. The molecule has 0 aliphatic heterocycles. The van der Waals surface area contributed by atoms with Gasteiger partial charge in [-0.05, 0) is 37.5 Å². The van der Waals surface area contributed by atoms with Crippen molar-refractivity contribution in [2.45, 2.75) is 45.4 Å². The van der Waals surface area contributed by atoms with Gasteiger partial charge in [-0.25, -0.2) is 0 Å². The van der Waals surface area contributed by atoms with Crippen LogP contribution in [0.25, 0.3) is 0 Å². The van der Waals surface area contributed by atoms with Gasteiger partial charge in [0, 0.05) is 16.7 Å². The number of anilines is 1. The zero-order chi connectivity index (χ0) is 14.6. The predicted octanol–water partition coefficient (Wildman–Crippen LogP) is 4.00. The molecule has 1 aliphatic carbocycles. The molecule has 0 unspecified atom stereocenters. The van der Waals surface area contributed by atoms with Crippen LogP contribution >= 0.6 is 15.9 Å². The molecule has 1 aromatic rings. The van der Waals surface area contributed by atoms with Gasteiger partial charge in [0.1, 0.15) is 0 Å². The summed E-state index contributed by atoms with van der Waals surface area (Å²) in [5.74, 6) is 0.0862. The maximum absolute atomic E-state index is 12.7. The third-order valence-corrected chi connectivity index (χ3v) is 4.87. The van der Waals surface area contributed by atoms with Gasteiger partial charge in [0.15, 0.2) is 0 Å². The minimum absolute atomic E-state index is 0.0862. The lowest BCUT2D eigenvalue weighted by Crippen LogP contribution is -2.42. The fourth-order valence-corrected chi connectivity index (χ4v) is 3.27.